The number of nitrogens with zero attached hydrogens (tertiary/aromatic N) is 1. The summed E-state index contributed by atoms with van der Waals surface area (Å²) in [4.78, 5) is 10.6. The molecule has 1 aromatic rings. The molecule has 0 saturated carbocycles. The van der Waals surface area contributed by atoms with Crippen LogP contribution in [-0.4, -0.2) is 16.2 Å². The van der Waals surface area contributed by atoms with Crippen molar-refractivity contribution in [2.75, 3.05) is 0 Å². The lowest BCUT2D eigenvalue weighted by Gasteiger charge is -2.20. The fraction of sp³-hybridized carbons (Fsp3) is 0.273. The van der Waals surface area contributed by atoms with Gasteiger partial charge in [-0.05, 0) is 12.1 Å². The summed E-state index contributed by atoms with van der Waals surface area (Å²) in [5.74, 6) is -2.18. The molecule has 114 valence electrons. The van der Waals surface area contributed by atoms with Crippen molar-refractivity contribution in [3.05, 3.63) is 34.4 Å². The number of carboxylic acid groups (broad SMARTS) is 1. The van der Waals surface area contributed by atoms with Gasteiger partial charge in [0.05, 0.1) is 22.8 Å². The molecule has 0 aromatic heterocycles. The van der Waals surface area contributed by atoms with Crippen molar-refractivity contribution in [1.29, 1.82) is 5.26 Å². The van der Waals surface area contributed by atoms with Gasteiger partial charge in [-0.2, -0.15) is 31.6 Å². The number of carboxylic acids is 1. The highest BCUT2D eigenvalue weighted by Gasteiger charge is 2.46. The van der Waals surface area contributed by atoms with Gasteiger partial charge in [0.25, 0.3) is 0 Å². The summed E-state index contributed by atoms with van der Waals surface area (Å²) in [7, 11) is 0. The maximum Gasteiger partial charge on any atom is 0.417 e. The van der Waals surface area contributed by atoms with E-state index in [2.05, 4.69) is 0 Å². The number of hydrogen-bond acceptors (Lipinski definition) is 3. The molecule has 10 heteroatoms. The smallest absolute Gasteiger partial charge is 0.417 e. The van der Waals surface area contributed by atoms with Crippen molar-refractivity contribution in [1.82, 2.24) is 0 Å². The molecule has 1 aromatic carbocycles. The molecule has 0 spiro atoms. The molecule has 1 rings (SSSR count). The molecule has 2 N–H and O–H groups in total. The molecule has 1 atom stereocenters. The average Bonchev–Trinajstić information content (AvgIpc) is 2.33. The number of benzene rings is 1. The molecule has 0 bridgehead atoms. The summed E-state index contributed by atoms with van der Waals surface area (Å²) in [6.07, 6.45) is -13.9. The van der Waals surface area contributed by atoms with Crippen LogP contribution >= 0.6 is 0 Å². The van der Waals surface area contributed by atoms with Gasteiger partial charge in [-0.3, -0.25) is 0 Å². The largest absolute Gasteiger partial charge is 0.479 e. The minimum atomic E-state index is -5.56. The van der Waals surface area contributed by atoms with E-state index in [0.29, 0.717) is 0 Å². The Hall–Kier alpha value is -2.28. The van der Waals surface area contributed by atoms with E-state index in [1.54, 1.807) is 0 Å². The summed E-state index contributed by atoms with van der Waals surface area (Å²) < 4.78 is 76.5. The first-order valence-corrected chi connectivity index (χ1v) is 5.03. The highest BCUT2D eigenvalue weighted by atomic mass is 19.4. The molecule has 0 aliphatic rings. The number of alkyl halides is 6. The van der Waals surface area contributed by atoms with E-state index in [0.717, 1.165) is 0 Å². The fourth-order valence-electron chi connectivity index (χ4n) is 1.62. The Morgan fingerprint density at radius 2 is 1.67 bits per heavy atom. The van der Waals surface area contributed by atoms with Crippen molar-refractivity contribution in [2.24, 2.45) is 0 Å². The zero-order chi connectivity index (χ0) is 16.6. The third-order valence-corrected chi connectivity index (χ3v) is 2.42. The van der Waals surface area contributed by atoms with Crippen LogP contribution in [0.1, 0.15) is 28.4 Å². The SMILES string of the molecule is N#Cc1cc(C(O)C(=O)O)c(C(F)(F)F)c(C(F)(F)F)c1. The van der Waals surface area contributed by atoms with Crippen molar-refractivity contribution in [3.63, 3.8) is 0 Å². The number of hydrogen-bond donors (Lipinski definition) is 2. The highest BCUT2D eigenvalue weighted by molar-refractivity contribution is 5.75. The van der Waals surface area contributed by atoms with Gasteiger partial charge in [0.1, 0.15) is 0 Å². The third-order valence-electron chi connectivity index (χ3n) is 2.42. The summed E-state index contributed by atoms with van der Waals surface area (Å²) in [5.41, 5.74) is -6.96. The van der Waals surface area contributed by atoms with E-state index in [1.807, 2.05) is 0 Å². The predicted molar refractivity (Wildman–Crippen MR) is 53.8 cm³/mol. The zero-order valence-corrected chi connectivity index (χ0v) is 9.75. The quantitative estimate of drug-likeness (QED) is 0.823. The molecule has 0 aliphatic carbocycles. The maximum atomic E-state index is 12.8. The van der Waals surface area contributed by atoms with Gasteiger partial charge in [0, 0.05) is 5.56 Å². The number of carbonyl (C=O) groups is 1. The van der Waals surface area contributed by atoms with Crippen LogP contribution in [0.2, 0.25) is 0 Å². The van der Waals surface area contributed by atoms with Gasteiger partial charge in [0.15, 0.2) is 6.10 Å². The van der Waals surface area contributed by atoms with Crippen LogP contribution in [0.25, 0.3) is 0 Å². The topological polar surface area (TPSA) is 81.3 Å². The van der Waals surface area contributed by atoms with Crippen LogP contribution in [0.5, 0.6) is 0 Å². The Labute approximate surface area is 112 Å². The van der Waals surface area contributed by atoms with Gasteiger partial charge >= 0.3 is 18.3 Å². The molecule has 21 heavy (non-hydrogen) atoms. The van der Waals surface area contributed by atoms with Crippen LogP contribution in [0.3, 0.4) is 0 Å². The van der Waals surface area contributed by atoms with E-state index in [-0.39, 0.29) is 12.1 Å². The normalized spacial score (nSPS) is 13.6. The number of aliphatic hydroxyl groups excluding tert-OH is 1. The lowest BCUT2D eigenvalue weighted by Crippen LogP contribution is -2.23. The molecular weight excluding hydrogens is 308 g/mol. The van der Waals surface area contributed by atoms with Gasteiger partial charge in [-0.15, -0.1) is 0 Å². The first kappa shape index (κ1) is 16.8. The van der Waals surface area contributed by atoms with Crippen molar-refractivity contribution < 1.29 is 41.4 Å². The molecular formula is C11H5F6NO3. The number of aliphatic hydroxyl groups is 1. The van der Waals surface area contributed by atoms with Crippen LogP contribution in [-0.2, 0) is 17.1 Å². The second-order valence-corrected chi connectivity index (χ2v) is 3.84. The summed E-state index contributed by atoms with van der Waals surface area (Å²) in [6.45, 7) is 0. The molecule has 0 radical (unpaired) electrons. The van der Waals surface area contributed by atoms with E-state index in [4.69, 9.17) is 10.4 Å². The Morgan fingerprint density at radius 1 is 1.14 bits per heavy atom. The lowest BCUT2D eigenvalue weighted by atomic mass is 9.93. The van der Waals surface area contributed by atoms with E-state index >= 15 is 0 Å². The first-order chi connectivity index (χ1) is 9.39. The monoisotopic (exact) mass is 313 g/mol. The Balaban J connectivity index is 3.85. The van der Waals surface area contributed by atoms with Gasteiger partial charge in [0.2, 0.25) is 0 Å². The average molecular weight is 313 g/mol. The molecule has 0 amide bonds. The standard InChI is InChI=1S/C11H5F6NO3/c12-10(13,14)6-2-4(3-18)1-5(8(19)9(20)21)7(6)11(15,16)17/h1-2,8,19H,(H,20,21). The van der Waals surface area contributed by atoms with Gasteiger partial charge in [-0.1, -0.05) is 0 Å². The minimum Gasteiger partial charge on any atom is -0.479 e. The lowest BCUT2D eigenvalue weighted by molar-refractivity contribution is -0.164. The van der Waals surface area contributed by atoms with E-state index in [1.165, 1.54) is 6.07 Å². The number of halogens is 6. The highest BCUT2D eigenvalue weighted by Crippen LogP contribution is 2.44. The summed E-state index contributed by atoms with van der Waals surface area (Å²) in [6, 6.07) is 1.39. The second-order valence-electron chi connectivity index (χ2n) is 3.84. The number of rotatable bonds is 2. The maximum absolute atomic E-state index is 12.8. The molecule has 0 saturated heterocycles. The van der Waals surface area contributed by atoms with E-state index < -0.39 is 46.7 Å². The van der Waals surface area contributed by atoms with Crippen LogP contribution in [0.4, 0.5) is 26.3 Å². The van der Waals surface area contributed by atoms with Gasteiger partial charge in [-0.25, -0.2) is 4.79 Å². The molecule has 1 unspecified atom stereocenters. The van der Waals surface area contributed by atoms with Crippen LogP contribution in [0, 0.1) is 11.3 Å². The van der Waals surface area contributed by atoms with Crippen LogP contribution in [0.15, 0.2) is 12.1 Å². The molecule has 0 aliphatic heterocycles. The molecule has 0 heterocycles. The third kappa shape index (κ3) is 3.43. The predicted octanol–water partition coefficient (Wildman–Crippen LogP) is 2.71. The summed E-state index contributed by atoms with van der Waals surface area (Å²) in [5, 5.41) is 26.2. The summed E-state index contributed by atoms with van der Waals surface area (Å²) >= 11 is 0. The second kappa shape index (κ2) is 5.25. The Bertz CT molecular complexity index is 614. The Morgan fingerprint density at radius 3 is 2.00 bits per heavy atom. The number of nitriles is 1. The van der Waals surface area contributed by atoms with Crippen LogP contribution < -0.4 is 0 Å². The molecule has 0 fully saturated rings. The van der Waals surface area contributed by atoms with E-state index in [9.17, 15) is 36.2 Å². The minimum absolute atomic E-state index is 0.0547. The van der Waals surface area contributed by atoms with Crippen molar-refractivity contribution >= 4 is 5.97 Å². The van der Waals surface area contributed by atoms with Crippen molar-refractivity contribution in [2.45, 2.75) is 18.5 Å². The zero-order valence-electron chi connectivity index (χ0n) is 9.75. The van der Waals surface area contributed by atoms with Gasteiger partial charge < -0.3 is 10.2 Å². The Kier molecular flexibility index (Phi) is 4.19. The molecule has 4 nitrogen and oxygen atoms in total. The fourth-order valence-corrected chi connectivity index (χ4v) is 1.62. The van der Waals surface area contributed by atoms with Crippen molar-refractivity contribution in [3.8, 4) is 6.07 Å². The number of aliphatic carboxylic acids is 1. The first-order valence-electron chi connectivity index (χ1n) is 5.03.